The molecular formula is C51H40O4. The first-order chi connectivity index (χ1) is 27.2. The quantitative estimate of drug-likeness (QED) is 0.140. The molecule has 4 nitrogen and oxygen atoms in total. The molecule has 0 radical (unpaired) electrons. The van der Waals surface area contributed by atoms with E-state index in [-0.39, 0.29) is 26.4 Å². The van der Waals surface area contributed by atoms with Crippen molar-refractivity contribution in [3.8, 4) is 56.0 Å². The third-order valence-electron chi connectivity index (χ3n) is 10.8. The standard InChI is InChI=1S/C51H40O4/c52-27-29-54-49-25-22-41(33-45(49)36-12-3-1-4-13-36)51(42-23-26-50(55-30-28-53)46(34-42)37-14-5-2-6-15-37)47-18-10-9-17-43(47)44-24-21-40(32-48(44)51)39-20-19-35-11-7-8-16-38(35)31-39/h1-26,31-34,52-53H,27-30H2. The normalized spacial score (nSPS) is 12.6. The van der Waals surface area contributed by atoms with Crippen LogP contribution in [0.1, 0.15) is 22.3 Å². The second kappa shape index (κ2) is 14.8. The van der Waals surface area contributed by atoms with Crippen molar-refractivity contribution in [3.05, 3.63) is 204 Å². The summed E-state index contributed by atoms with van der Waals surface area (Å²) in [6.07, 6.45) is 0. The summed E-state index contributed by atoms with van der Waals surface area (Å²) in [5.41, 5.74) is 12.4. The number of fused-ring (bicyclic) bond motifs is 4. The Kier molecular flexibility index (Phi) is 9.21. The van der Waals surface area contributed by atoms with Gasteiger partial charge in [-0.25, -0.2) is 0 Å². The van der Waals surface area contributed by atoms with Crippen molar-refractivity contribution in [2.75, 3.05) is 26.4 Å². The zero-order valence-corrected chi connectivity index (χ0v) is 30.4. The van der Waals surface area contributed by atoms with Gasteiger partial charge in [0.25, 0.3) is 0 Å². The number of ether oxygens (including phenoxy) is 2. The molecule has 0 amide bonds. The van der Waals surface area contributed by atoms with Crippen LogP contribution < -0.4 is 9.47 Å². The maximum Gasteiger partial charge on any atom is 0.127 e. The average molecular weight is 717 g/mol. The fraction of sp³-hybridized carbons (Fsp3) is 0.0980. The molecule has 0 unspecified atom stereocenters. The zero-order chi connectivity index (χ0) is 37.2. The monoisotopic (exact) mass is 716 g/mol. The molecule has 0 spiro atoms. The minimum absolute atomic E-state index is 0.0782. The highest BCUT2D eigenvalue weighted by molar-refractivity contribution is 5.92. The van der Waals surface area contributed by atoms with Crippen molar-refractivity contribution < 1.29 is 19.7 Å². The van der Waals surface area contributed by atoms with E-state index in [4.69, 9.17) is 9.47 Å². The van der Waals surface area contributed by atoms with Gasteiger partial charge in [-0.2, -0.15) is 0 Å². The Morgan fingerprint density at radius 2 is 0.873 bits per heavy atom. The van der Waals surface area contributed by atoms with Crippen LogP contribution in [0.15, 0.2) is 182 Å². The van der Waals surface area contributed by atoms with Crippen LogP contribution >= 0.6 is 0 Å². The number of hydrogen-bond acceptors (Lipinski definition) is 4. The average Bonchev–Trinajstić information content (AvgIpc) is 3.55. The molecule has 0 heterocycles. The van der Waals surface area contributed by atoms with Gasteiger partial charge in [0.2, 0.25) is 0 Å². The first-order valence-electron chi connectivity index (χ1n) is 18.8. The zero-order valence-electron chi connectivity index (χ0n) is 30.4. The smallest absolute Gasteiger partial charge is 0.127 e. The highest BCUT2D eigenvalue weighted by atomic mass is 16.5. The van der Waals surface area contributed by atoms with Gasteiger partial charge in [0.1, 0.15) is 24.7 Å². The molecule has 55 heavy (non-hydrogen) atoms. The lowest BCUT2D eigenvalue weighted by molar-refractivity contribution is 0.202. The van der Waals surface area contributed by atoms with Crippen molar-refractivity contribution in [1.82, 2.24) is 0 Å². The van der Waals surface area contributed by atoms with Crippen LogP contribution in [0.2, 0.25) is 0 Å². The van der Waals surface area contributed by atoms with Gasteiger partial charge in [-0.05, 0) is 103 Å². The minimum atomic E-state index is -0.753. The molecule has 9 rings (SSSR count). The molecule has 8 aromatic rings. The summed E-state index contributed by atoms with van der Waals surface area (Å²) in [6.45, 7) is 0.234. The first kappa shape index (κ1) is 34.3. The lowest BCUT2D eigenvalue weighted by Crippen LogP contribution is -2.29. The third-order valence-corrected chi connectivity index (χ3v) is 10.8. The fourth-order valence-electron chi connectivity index (χ4n) is 8.39. The van der Waals surface area contributed by atoms with E-state index in [1.54, 1.807) is 0 Å². The van der Waals surface area contributed by atoms with Gasteiger partial charge in [-0.15, -0.1) is 0 Å². The first-order valence-corrected chi connectivity index (χ1v) is 18.8. The van der Waals surface area contributed by atoms with Gasteiger partial charge in [0.05, 0.1) is 18.6 Å². The summed E-state index contributed by atoms with van der Waals surface area (Å²) in [7, 11) is 0. The summed E-state index contributed by atoms with van der Waals surface area (Å²) >= 11 is 0. The Morgan fingerprint density at radius 3 is 1.49 bits per heavy atom. The van der Waals surface area contributed by atoms with Crippen LogP contribution in [0.5, 0.6) is 11.5 Å². The second-order valence-electron chi connectivity index (χ2n) is 13.9. The molecule has 0 saturated heterocycles. The Bertz CT molecular complexity index is 2530. The van der Waals surface area contributed by atoms with Crippen LogP contribution in [0, 0.1) is 0 Å². The van der Waals surface area contributed by atoms with E-state index in [0.29, 0.717) is 11.5 Å². The van der Waals surface area contributed by atoms with E-state index < -0.39 is 5.41 Å². The molecule has 0 saturated carbocycles. The lowest BCUT2D eigenvalue weighted by atomic mass is 9.66. The lowest BCUT2D eigenvalue weighted by Gasteiger charge is -2.35. The van der Waals surface area contributed by atoms with Gasteiger partial charge >= 0.3 is 0 Å². The van der Waals surface area contributed by atoms with E-state index >= 15 is 0 Å². The van der Waals surface area contributed by atoms with E-state index in [2.05, 4.69) is 146 Å². The van der Waals surface area contributed by atoms with Crippen molar-refractivity contribution in [3.63, 3.8) is 0 Å². The molecular weight excluding hydrogens is 677 g/mol. The van der Waals surface area contributed by atoms with Crippen LogP contribution in [0.25, 0.3) is 55.3 Å². The highest BCUT2D eigenvalue weighted by Gasteiger charge is 2.47. The van der Waals surface area contributed by atoms with Crippen molar-refractivity contribution in [2.24, 2.45) is 0 Å². The molecule has 8 aromatic carbocycles. The van der Waals surface area contributed by atoms with E-state index in [1.807, 2.05) is 36.4 Å². The molecule has 2 N–H and O–H groups in total. The van der Waals surface area contributed by atoms with Crippen LogP contribution in [0.3, 0.4) is 0 Å². The molecule has 0 atom stereocenters. The maximum absolute atomic E-state index is 9.75. The minimum Gasteiger partial charge on any atom is -0.491 e. The summed E-state index contributed by atoms with van der Waals surface area (Å²) < 4.78 is 12.4. The summed E-state index contributed by atoms with van der Waals surface area (Å²) in [5.74, 6) is 1.43. The van der Waals surface area contributed by atoms with Crippen molar-refractivity contribution in [2.45, 2.75) is 5.41 Å². The van der Waals surface area contributed by atoms with Crippen molar-refractivity contribution in [1.29, 1.82) is 0 Å². The van der Waals surface area contributed by atoms with Gasteiger partial charge in [-0.1, -0.05) is 146 Å². The molecule has 0 bridgehead atoms. The van der Waals surface area contributed by atoms with Crippen LogP contribution in [0.4, 0.5) is 0 Å². The Labute approximate surface area is 321 Å². The maximum atomic E-state index is 9.75. The second-order valence-corrected chi connectivity index (χ2v) is 13.9. The topological polar surface area (TPSA) is 58.9 Å². The molecule has 0 fully saturated rings. The Balaban J connectivity index is 1.36. The number of hydrogen-bond donors (Lipinski definition) is 2. The Hall–Kier alpha value is -6.46. The van der Waals surface area contributed by atoms with E-state index in [1.165, 1.54) is 33.0 Å². The Morgan fingerprint density at radius 1 is 0.364 bits per heavy atom. The number of rotatable bonds is 11. The fourth-order valence-corrected chi connectivity index (χ4v) is 8.39. The summed E-state index contributed by atoms with van der Waals surface area (Å²) in [5, 5.41) is 21.9. The molecule has 1 aliphatic carbocycles. The molecule has 0 aromatic heterocycles. The van der Waals surface area contributed by atoms with Crippen LogP contribution in [-0.2, 0) is 5.41 Å². The predicted octanol–water partition coefficient (Wildman–Crippen LogP) is 10.9. The number of aliphatic hydroxyl groups is 2. The summed E-state index contributed by atoms with van der Waals surface area (Å²) in [6, 6.07) is 64.5. The van der Waals surface area contributed by atoms with Crippen LogP contribution in [-0.4, -0.2) is 36.6 Å². The molecule has 268 valence electrons. The van der Waals surface area contributed by atoms with Gasteiger partial charge < -0.3 is 19.7 Å². The highest BCUT2D eigenvalue weighted by Crippen LogP contribution is 2.58. The third kappa shape index (κ3) is 6.06. The van der Waals surface area contributed by atoms with Crippen molar-refractivity contribution >= 4 is 10.8 Å². The van der Waals surface area contributed by atoms with E-state index in [9.17, 15) is 10.2 Å². The molecule has 4 heteroatoms. The SMILES string of the molecule is OCCOc1ccc(C2(c3ccc(OCCO)c(-c4ccccc4)c3)c3ccccc3-c3ccc(-c4ccc5ccccc5c4)cc32)cc1-c1ccccc1. The van der Waals surface area contributed by atoms with Gasteiger partial charge in [0.15, 0.2) is 0 Å². The van der Waals surface area contributed by atoms with Gasteiger partial charge in [-0.3, -0.25) is 0 Å². The molecule has 0 aliphatic heterocycles. The summed E-state index contributed by atoms with van der Waals surface area (Å²) in [4.78, 5) is 0. The predicted molar refractivity (Wildman–Crippen MR) is 223 cm³/mol. The molecule has 1 aliphatic rings. The van der Waals surface area contributed by atoms with E-state index in [0.717, 1.165) is 44.5 Å². The number of benzene rings is 8. The van der Waals surface area contributed by atoms with Gasteiger partial charge in [0, 0.05) is 11.1 Å². The number of aliphatic hydroxyl groups excluding tert-OH is 2. The largest absolute Gasteiger partial charge is 0.491 e.